The number of rotatable bonds is 7. The van der Waals surface area contributed by atoms with E-state index in [4.69, 9.17) is 0 Å². The van der Waals surface area contributed by atoms with Gasteiger partial charge in [0.25, 0.3) is 5.91 Å². The summed E-state index contributed by atoms with van der Waals surface area (Å²) in [6.07, 6.45) is 4.18. The molecule has 2 heterocycles. The Hall–Kier alpha value is -2.66. The molecular weight excluding hydrogens is 362 g/mol. The third-order valence-electron chi connectivity index (χ3n) is 5.81. The van der Waals surface area contributed by atoms with Crippen molar-refractivity contribution in [3.63, 3.8) is 0 Å². The number of likely N-dealkylation sites (tertiary alicyclic amines) is 2. The Morgan fingerprint density at radius 2 is 1.62 bits per heavy atom. The average molecular weight is 392 g/mol. The molecule has 2 saturated heterocycles. The van der Waals surface area contributed by atoms with Crippen LogP contribution in [0.2, 0.25) is 0 Å². The number of hydrogen-bond acceptors (Lipinski definition) is 3. The summed E-state index contributed by atoms with van der Waals surface area (Å²) >= 11 is 0. The van der Waals surface area contributed by atoms with Gasteiger partial charge in [-0.25, -0.2) is 0 Å². The number of nitrogens with one attached hydrogen (secondary N) is 1. The molecule has 0 unspecified atom stereocenters. The fraction of sp³-hybridized carbons (Fsp3) is 0.417. The van der Waals surface area contributed by atoms with Crippen molar-refractivity contribution in [1.82, 2.24) is 15.1 Å². The summed E-state index contributed by atoms with van der Waals surface area (Å²) in [6.45, 7) is 5.34. The Morgan fingerprint density at radius 1 is 0.862 bits per heavy atom. The van der Waals surface area contributed by atoms with Gasteiger partial charge in [0.1, 0.15) is 0 Å². The number of benzene rings is 2. The van der Waals surface area contributed by atoms with Crippen LogP contribution >= 0.6 is 0 Å². The fourth-order valence-electron chi connectivity index (χ4n) is 4.17. The Morgan fingerprint density at radius 3 is 2.34 bits per heavy atom. The van der Waals surface area contributed by atoms with Gasteiger partial charge in [0.2, 0.25) is 5.91 Å². The highest BCUT2D eigenvalue weighted by molar-refractivity contribution is 5.94. The highest BCUT2D eigenvalue weighted by atomic mass is 16.2. The van der Waals surface area contributed by atoms with Crippen molar-refractivity contribution in [3.05, 3.63) is 70.8 Å². The minimum Gasteiger partial charge on any atom is -0.348 e. The second-order valence-corrected chi connectivity index (χ2v) is 8.10. The van der Waals surface area contributed by atoms with E-state index in [-0.39, 0.29) is 11.8 Å². The smallest absolute Gasteiger partial charge is 0.251 e. The van der Waals surface area contributed by atoms with Crippen LogP contribution in [0.1, 0.15) is 52.7 Å². The molecule has 2 fully saturated rings. The quantitative estimate of drug-likeness (QED) is 0.788. The number of amides is 2. The lowest BCUT2D eigenvalue weighted by Crippen LogP contribution is -2.24. The SMILES string of the molecule is O=C(NCc1cccc(CN2CCCC2)c1)c1ccc(CN2CCCC2=O)cc1. The van der Waals surface area contributed by atoms with E-state index in [1.807, 2.05) is 29.2 Å². The lowest BCUT2D eigenvalue weighted by atomic mass is 10.1. The Kier molecular flexibility index (Phi) is 6.25. The van der Waals surface area contributed by atoms with Crippen LogP contribution in [0.25, 0.3) is 0 Å². The summed E-state index contributed by atoms with van der Waals surface area (Å²) in [5.41, 5.74) is 4.14. The molecule has 2 aliphatic rings. The number of carbonyl (C=O) groups excluding carboxylic acids is 2. The first kappa shape index (κ1) is 19.6. The van der Waals surface area contributed by atoms with E-state index in [9.17, 15) is 9.59 Å². The zero-order valence-corrected chi connectivity index (χ0v) is 16.9. The first-order valence-electron chi connectivity index (χ1n) is 10.6. The van der Waals surface area contributed by atoms with Gasteiger partial charge in [-0.2, -0.15) is 0 Å². The van der Waals surface area contributed by atoms with E-state index in [1.54, 1.807) is 0 Å². The predicted molar refractivity (Wildman–Crippen MR) is 113 cm³/mol. The first-order chi connectivity index (χ1) is 14.2. The lowest BCUT2D eigenvalue weighted by Gasteiger charge is -2.16. The molecule has 2 amide bonds. The van der Waals surface area contributed by atoms with Gasteiger partial charge in [-0.15, -0.1) is 0 Å². The van der Waals surface area contributed by atoms with Crippen molar-refractivity contribution in [2.24, 2.45) is 0 Å². The van der Waals surface area contributed by atoms with Crippen LogP contribution in [0.5, 0.6) is 0 Å². The standard InChI is InChI=1S/C24H29N3O2/c28-23-7-4-14-27(23)18-19-8-10-22(11-9-19)24(29)25-16-20-5-3-6-21(15-20)17-26-12-1-2-13-26/h3,5-6,8-11,15H,1-2,4,7,12-14,16-18H2,(H,25,29). The molecule has 0 atom stereocenters. The third kappa shape index (κ3) is 5.24. The number of nitrogens with zero attached hydrogens (tertiary/aromatic N) is 2. The van der Waals surface area contributed by atoms with Gasteiger partial charge in [0, 0.05) is 38.2 Å². The lowest BCUT2D eigenvalue weighted by molar-refractivity contribution is -0.128. The highest BCUT2D eigenvalue weighted by Gasteiger charge is 2.20. The van der Waals surface area contributed by atoms with Crippen LogP contribution in [0, 0.1) is 0 Å². The van der Waals surface area contributed by atoms with Crippen molar-refractivity contribution in [2.75, 3.05) is 19.6 Å². The van der Waals surface area contributed by atoms with E-state index in [0.29, 0.717) is 25.1 Å². The van der Waals surface area contributed by atoms with Crippen LogP contribution in [0.3, 0.4) is 0 Å². The van der Waals surface area contributed by atoms with Gasteiger partial charge in [-0.1, -0.05) is 36.4 Å². The van der Waals surface area contributed by atoms with E-state index in [0.717, 1.165) is 30.6 Å². The number of hydrogen-bond donors (Lipinski definition) is 1. The summed E-state index contributed by atoms with van der Waals surface area (Å²) in [6, 6.07) is 16.0. The van der Waals surface area contributed by atoms with Gasteiger partial charge in [-0.05, 0) is 61.2 Å². The molecule has 2 aliphatic heterocycles. The molecule has 152 valence electrons. The summed E-state index contributed by atoms with van der Waals surface area (Å²) in [4.78, 5) is 28.6. The van der Waals surface area contributed by atoms with Gasteiger partial charge in [0.15, 0.2) is 0 Å². The van der Waals surface area contributed by atoms with E-state index in [2.05, 4.69) is 34.5 Å². The molecule has 5 heteroatoms. The van der Waals surface area contributed by atoms with Crippen molar-refractivity contribution in [1.29, 1.82) is 0 Å². The monoisotopic (exact) mass is 391 g/mol. The summed E-state index contributed by atoms with van der Waals surface area (Å²) < 4.78 is 0. The second kappa shape index (κ2) is 9.23. The highest BCUT2D eigenvalue weighted by Crippen LogP contribution is 2.16. The largest absolute Gasteiger partial charge is 0.348 e. The molecule has 0 radical (unpaired) electrons. The molecule has 5 nitrogen and oxygen atoms in total. The van der Waals surface area contributed by atoms with Gasteiger partial charge < -0.3 is 10.2 Å². The molecular formula is C24H29N3O2. The maximum atomic E-state index is 12.5. The minimum absolute atomic E-state index is 0.0706. The Labute approximate surface area is 172 Å². The van der Waals surface area contributed by atoms with Crippen LogP contribution < -0.4 is 5.32 Å². The molecule has 0 saturated carbocycles. The van der Waals surface area contributed by atoms with Crippen molar-refractivity contribution in [3.8, 4) is 0 Å². The molecule has 0 bridgehead atoms. The van der Waals surface area contributed by atoms with Gasteiger partial charge >= 0.3 is 0 Å². The van der Waals surface area contributed by atoms with Crippen LogP contribution in [0.4, 0.5) is 0 Å². The molecule has 2 aromatic rings. The fourth-order valence-corrected chi connectivity index (χ4v) is 4.17. The third-order valence-corrected chi connectivity index (χ3v) is 5.81. The maximum absolute atomic E-state index is 12.5. The summed E-state index contributed by atoms with van der Waals surface area (Å²) in [7, 11) is 0. The molecule has 0 aliphatic carbocycles. The minimum atomic E-state index is -0.0706. The second-order valence-electron chi connectivity index (χ2n) is 8.10. The van der Waals surface area contributed by atoms with E-state index >= 15 is 0 Å². The van der Waals surface area contributed by atoms with Crippen molar-refractivity contribution < 1.29 is 9.59 Å². The molecule has 0 spiro atoms. The zero-order valence-electron chi connectivity index (χ0n) is 16.9. The van der Waals surface area contributed by atoms with Crippen LogP contribution in [-0.4, -0.2) is 41.2 Å². The van der Waals surface area contributed by atoms with E-state index < -0.39 is 0 Å². The predicted octanol–water partition coefficient (Wildman–Crippen LogP) is 3.33. The topological polar surface area (TPSA) is 52.7 Å². The normalized spacial score (nSPS) is 17.1. The van der Waals surface area contributed by atoms with Gasteiger partial charge in [-0.3, -0.25) is 14.5 Å². The average Bonchev–Trinajstić information content (AvgIpc) is 3.39. The Bertz CT molecular complexity index is 857. The maximum Gasteiger partial charge on any atom is 0.251 e. The van der Waals surface area contributed by atoms with Crippen molar-refractivity contribution in [2.45, 2.75) is 45.3 Å². The number of carbonyl (C=O) groups is 2. The molecule has 1 N–H and O–H groups in total. The molecule has 4 rings (SSSR count). The molecule has 0 aromatic heterocycles. The molecule has 29 heavy (non-hydrogen) atoms. The Balaban J connectivity index is 1.29. The van der Waals surface area contributed by atoms with Gasteiger partial charge in [0.05, 0.1) is 0 Å². The zero-order chi connectivity index (χ0) is 20.1. The molecule has 2 aromatic carbocycles. The van der Waals surface area contributed by atoms with Crippen molar-refractivity contribution >= 4 is 11.8 Å². The van der Waals surface area contributed by atoms with Crippen LogP contribution in [0.15, 0.2) is 48.5 Å². The summed E-state index contributed by atoms with van der Waals surface area (Å²) in [5.74, 6) is 0.150. The summed E-state index contributed by atoms with van der Waals surface area (Å²) in [5, 5.41) is 3.02. The first-order valence-corrected chi connectivity index (χ1v) is 10.6. The van der Waals surface area contributed by atoms with E-state index in [1.165, 1.54) is 31.5 Å². The van der Waals surface area contributed by atoms with Crippen LogP contribution in [-0.2, 0) is 24.4 Å².